The lowest BCUT2D eigenvalue weighted by atomic mass is 10.2. The molecule has 0 bridgehead atoms. The lowest BCUT2D eigenvalue weighted by Gasteiger charge is -2.11. The molecule has 0 aliphatic carbocycles. The van der Waals surface area contributed by atoms with Crippen LogP contribution in [0, 0.1) is 0 Å². The number of nitrogens with one attached hydrogen (secondary N) is 1. The van der Waals surface area contributed by atoms with Crippen LogP contribution in [0.5, 0.6) is 0 Å². The number of nitrogens with two attached hydrogens (primary N) is 1. The number of carbonyl (C=O) groups excluding carboxylic acids is 1. The van der Waals surface area contributed by atoms with Gasteiger partial charge in [0.15, 0.2) is 0 Å². The summed E-state index contributed by atoms with van der Waals surface area (Å²) in [7, 11) is 0. The van der Waals surface area contributed by atoms with Crippen molar-refractivity contribution in [3.8, 4) is 0 Å². The number of amides is 1. The zero-order valence-electron chi connectivity index (χ0n) is 10.8. The molecule has 9 heteroatoms. The average molecular weight is 345 g/mol. The summed E-state index contributed by atoms with van der Waals surface area (Å²) in [5.74, 6) is -0.474. The van der Waals surface area contributed by atoms with Crippen molar-refractivity contribution < 1.29 is 22.7 Å². The quantitative estimate of drug-likeness (QED) is 0.608. The standard InChI is InChI=1S/C12H13Cl2F3N2O2/c13-7-5-8(14)11(9(18)6-7)19-10(20)1-3-21-4-2-12(15,16)17/h5-6H,1-4,18H2,(H,19,20). The van der Waals surface area contributed by atoms with Crippen LogP contribution in [-0.2, 0) is 9.53 Å². The minimum absolute atomic E-state index is 0.115. The van der Waals surface area contributed by atoms with Crippen LogP contribution in [0.1, 0.15) is 12.8 Å². The summed E-state index contributed by atoms with van der Waals surface area (Å²) in [6.45, 7) is -0.617. The van der Waals surface area contributed by atoms with E-state index >= 15 is 0 Å². The zero-order chi connectivity index (χ0) is 16.0. The summed E-state index contributed by atoms with van der Waals surface area (Å²) < 4.78 is 40.3. The van der Waals surface area contributed by atoms with Crippen molar-refractivity contribution in [1.29, 1.82) is 0 Å². The van der Waals surface area contributed by atoms with E-state index in [1.807, 2.05) is 0 Å². The second-order valence-electron chi connectivity index (χ2n) is 4.13. The highest BCUT2D eigenvalue weighted by atomic mass is 35.5. The Morgan fingerprint density at radius 3 is 2.52 bits per heavy atom. The molecule has 0 saturated carbocycles. The van der Waals surface area contributed by atoms with Gasteiger partial charge in [-0.05, 0) is 12.1 Å². The van der Waals surface area contributed by atoms with Crippen LogP contribution in [0.2, 0.25) is 10.0 Å². The van der Waals surface area contributed by atoms with Crippen molar-refractivity contribution in [2.45, 2.75) is 19.0 Å². The highest BCUT2D eigenvalue weighted by molar-refractivity contribution is 6.37. The van der Waals surface area contributed by atoms with Crippen LogP contribution in [0.4, 0.5) is 24.5 Å². The summed E-state index contributed by atoms with van der Waals surface area (Å²) in [4.78, 5) is 11.6. The van der Waals surface area contributed by atoms with Gasteiger partial charge in [-0.15, -0.1) is 0 Å². The Morgan fingerprint density at radius 1 is 1.29 bits per heavy atom. The number of anilines is 2. The van der Waals surface area contributed by atoms with Crippen molar-refractivity contribution >= 4 is 40.5 Å². The Kier molecular flexibility index (Phi) is 6.57. The predicted octanol–water partition coefficient (Wildman–Crippen LogP) is 3.87. The molecular weight excluding hydrogens is 332 g/mol. The van der Waals surface area contributed by atoms with E-state index in [4.69, 9.17) is 33.7 Å². The lowest BCUT2D eigenvalue weighted by Crippen LogP contribution is -2.17. The average Bonchev–Trinajstić information content (AvgIpc) is 2.32. The van der Waals surface area contributed by atoms with Crippen LogP contribution in [0.3, 0.4) is 0 Å². The van der Waals surface area contributed by atoms with E-state index in [9.17, 15) is 18.0 Å². The van der Waals surface area contributed by atoms with E-state index in [-0.39, 0.29) is 29.4 Å². The Bertz CT molecular complexity index is 487. The van der Waals surface area contributed by atoms with Gasteiger partial charge in [0.05, 0.1) is 42.5 Å². The molecule has 3 N–H and O–H groups in total. The van der Waals surface area contributed by atoms with Gasteiger partial charge in [-0.1, -0.05) is 23.2 Å². The molecule has 1 aromatic carbocycles. The van der Waals surface area contributed by atoms with Gasteiger partial charge in [0, 0.05) is 5.02 Å². The van der Waals surface area contributed by atoms with E-state index < -0.39 is 25.1 Å². The topological polar surface area (TPSA) is 64.3 Å². The van der Waals surface area contributed by atoms with Gasteiger partial charge in [-0.25, -0.2) is 0 Å². The minimum atomic E-state index is -4.27. The summed E-state index contributed by atoms with van der Waals surface area (Å²) >= 11 is 11.6. The van der Waals surface area contributed by atoms with E-state index in [1.54, 1.807) is 0 Å². The predicted molar refractivity (Wildman–Crippen MR) is 75.6 cm³/mol. The van der Waals surface area contributed by atoms with Crippen molar-refractivity contribution in [2.24, 2.45) is 0 Å². The first-order chi connectivity index (χ1) is 9.69. The van der Waals surface area contributed by atoms with E-state index in [2.05, 4.69) is 5.32 Å². The fourth-order valence-corrected chi connectivity index (χ4v) is 1.94. The van der Waals surface area contributed by atoms with Gasteiger partial charge in [0.2, 0.25) is 5.91 Å². The molecule has 1 amide bonds. The summed E-state index contributed by atoms with van der Waals surface area (Å²) in [5.41, 5.74) is 6.06. The van der Waals surface area contributed by atoms with Crippen molar-refractivity contribution in [3.63, 3.8) is 0 Å². The monoisotopic (exact) mass is 344 g/mol. The van der Waals surface area contributed by atoms with Crippen LogP contribution in [0.25, 0.3) is 0 Å². The highest BCUT2D eigenvalue weighted by Gasteiger charge is 2.26. The number of nitrogen functional groups attached to an aromatic ring is 1. The van der Waals surface area contributed by atoms with Crippen molar-refractivity contribution in [3.05, 3.63) is 22.2 Å². The first-order valence-corrected chi connectivity index (χ1v) is 6.63. The van der Waals surface area contributed by atoms with E-state index in [1.165, 1.54) is 12.1 Å². The molecule has 21 heavy (non-hydrogen) atoms. The van der Waals surface area contributed by atoms with Gasteiger partial charge in [0.1, 0.15) is 0 Å². The number of rotatable bonds is 6. The van der Waals surface area contributed by atoms with Crippen LogP contribution in [0.15, 0.2) is 12.1 Å². The number of benzene rings is 1. The Hall–Kier alpha value is -1.18. The molecule has 0 aliphatic heterocycles. The second kappa shape index (κ2) is 7.72. The normalized spacial score (nSPS) is 11.5. The van der Waals surface area contributed by atoms with Gasteiger partial charge in [-0.3, -0.25) is 4.79 Å². The smallest absolute Gasteiger partial charge is 0.391 e. The molecule has 0 saturated heterocycles. The van der Waals surface area contributed by atoms with E-state index in [0.29, 0.717) is 5.02 Å². The molecule has 0 heterocycles. The molecule has 0 unspecified atom stereocenters. The molecule has 1 rings (SSSR count). The zero-order valence-corrected chi connectivity index (χ0v) is 12.3. The van der Waals surface area contributed by atoms with Crippen LogP contribution >= 0.6 is 23.2 Å². The van der Waals surface area contributed by atoms with E-state index in [0.717, 1.165) is 0 Å². The Morgan fingerprint density at radius 2 is 1.95 bits per heavy atom. The number of halogens is 5. The lowest BCUT2D eigenvalue weighted by molar-refractivity contribution is -0.145. The van der Waals surface area contributed by atoms with Crippen molar-refractivity contribution in [2.75, 3.05) is 24.3 Å². The fourth-order valence-electron chi connectivity index (χ4n) is 1.38. The fraction of sp³-hybridized carbons (Fsp3) is 0.417. The Labute approximate surface area is 129 Å². The van der Waals surface area contributed by atoms with Gasteiger partial charge < -0.3 is 15.8 Å². The Balaban J connectivity index is 2.38. The summed E-state index contributed by atoms with van der Waals surface area (Å²) in [5, 5.41) is 2.95. The van der Waals surface area contributed by atoms with Crippen molar-refractivity contribution in [1.82, 2.24) is 0 Å². The third-order valence-electron chi connectivity index (χ3n) is 2.35. The molecule has 0 atom stereocenters. The second-order valence-corrected chi connectivity index (χ2v) is 4.97. The molecular formula is C12H13Cl2F3N2O2. The van der Waals surface area contributed by atoms with Gasteiger partial charge >= 0.3 is 6.18 Å². The number of alkyl halides is 3. The molecule has 0 fully saturated rings. The molecule has 118 valence electrons. The SMILES string of the molecule is Nc1cc(Cl)cc(Cl)c1NC(=O)CCOCCC(F)(F)F. The number of hydrogen-bond donors (Lipinski definition) is 2. The number of hydrogen-bond acceptors (Lipinski definition) is 3. The first kappa shape index (κ1) is 17.9. The molecule has 0 spiro atoms. The number of carbonyl (C=O) groups is 1. The maximum Gasteiger partial charge on any atom is 0.391 e. The van der Waals surface area contributed by atoms with Gasteiger partial charge in [-0.2, -0.15) is 13.2 Å². The maximum absolute atomic E-state index is 11.9. The maximum atomic E-state index is 11.9. The molecule has 0 aromatic heterocycles. The largest absolute Gasteiger partial charge is 0.397 e. The molecule has 0 aliphatic rings. The van der Waals surface area contributed by atoms with Gasteiger partial charge in [0.25, 0.3) is 0 Å². The minimum Gasteiger partial charge on any atom is -0.397 e. The third-order valence-corrected chi connectivity index (χ3v) is 2.87. The molecule has 1 aromatic rings. The first-order valence-electron chi connectivity index (χ1n) is 5.88. The number of ether oxygens (including phenoxy) is 1. The molecule has 4 nitrogen and oxygen atoms in total. The summed E-state index contributed by atoms with van der Waals surface area (Å²) in [6, 6.07) is 2.83. The van der Waals surface area contributed by atoms with Crippen LogP contribution < -0.4 is 11.1 Å². The highest BCUT2D eigenvalue weighted by Crippen LogP contribution is 2.32. The third kappa shape index (κ3) is 6.88. The molecule has 0 radical (unpaired) electrons. The summed E-state index contributed by atoms with van der Waals surface area (Å²) in [6.07, 6.45) is -5.44. The van der Waals surface area contributed by atoms with Crippen LogP contribution in [-0.4, -0.2) is 25.3 Å².